The van der Waals surface area contributed by atoms with E-state index in [1.165, 1.54) is 22.6 Å². The van der Waals surface area contributed by atoms with Crippen molar-refractivity contribution in [3.8, 4) is 6.07 Å². The van der Waals surface area contributed by atoms with Crippen molar-refractivity contribution in [3.63, 3.8) is 0 Å². The Hall–Kier alpha value is -1.43. The predicted molar refractivity (Wildman–Crippen MR) is 77.0 cm³/mol. The largest absolute Gasteiger partial charge is 0.447 e. The Morgan fingerprint density at radius 2 is 2.19 bits per heavy atom. The molecular weight excluding hydrogens is 312 g/mol. The summed E-state index contributed by atoms with van der Waals surface area (Å²) >= 11 is 1.18. The fraction of sp³-hybridized carbons (Fsp3) is 0.538. The zero-order valence-corrected chi connectivity index (χ0v) is 13.2. The van der Waals surface area contributed by atoms with E-state index in [0.29, 0.717) is 30.1 Å². The second-order valence-corrected chi connectivity index (χ2v) is 7.93. The quantitative estimate of drug-likeness (QED) is 0.784. The molecule has 0 aliphatic carbocycles. The maximum absolute atomic E-state index is 12.3. The van der Waals surface area contributed by atoms with Gasteiger partial charge in [0.2, 0.25) is 0 Å². The van der Waals surface area contributed by atoms with E-state index in [-0.39, 0.29) is 5.92 Å². The van der Waals surface area contributed by atoms with E-state index >= 15 is 0 Å². The molecule has 1 fully saturated rings. The van der Waals surface area contributed by atoms with E-state index in [1.54, 1.807) is 17.5 Å². The first kappa shape index (κ1) is 15.9. The first-order chi connectivity index (χ1) is 9.95. The number of sulfonamides is 1. The van der Waals surface area contributed by atoms with E-state index in [2.05, 4.69) is 0 Å². The van der Waals surface area contributed by atoms with E-state index < -0.39 is 22.1 Å². The van der Waals surface area contributed by atoms with Gasteiger partial charge in [0.15, 0.2) is 6.10 Å². The minimum absolute atomic E-state index is 0.293. The van der Waals surface area contributed by atoms with Crippen molar-refractivity contribution in [2.75, 3.05) is 13.1 Å². The van der Waals surface area contributed by atoms with Crippen LogP contribution in [0.5, 0.6) is 0 Å². The van der Waals surface area contributed by atoms with Gasteiger partial charge in [-0.05, 0) is 31.2 Å². The zero-order valence-electron chi connectivity index (χ0n) is 11.6. The summed E-state index contributed by atoms with van der Waals surface area (Å²) in [6, 6.07) is 5.12. The van der Waals surface area contributed by atoms with Crippen LogP contribution in [-0.2, 0) is 19.6 Å². The molecule has 0 spiro atoms. The van der Waals surface area contributed by atoms with Crippen molar-refractivity contribution >= 4 is 27.3 Å². The molecule has 114 valence electrons. The van der Waals surface area contributed by atoms with E-state index in [0.717, 1.165) is 0 Å². The topological polar surface area (TPSA) is 87.5 Å². The van der Waals surface area contributed by atoms with Crippen LogP contribution in [0.2, 0.25) is 0 Å². The number of carbonyl (C=O) groups is 1. The van der Waals surface area contributed by atoms with Crippen LogP contribution >= 0.6 is 11.3 Å². The highest BCUT2D eigenvalue weighted by molar-refractivity contribution is 7.91. The molecule has 1 atom stereocenters. The molecule has 0 saturated carbocycles. The van der Waals surface area contributed by atoms with Crippen LogP contribution < -0.4 is 0 Å². The second kappa shape index (κ2) is 6.56. The van der Waals surface area contributed by atoms with Crippen molar-refractivity contribution in [3.05, 3.63) is 17.5 Å². The number of nitrogens with zero attached hydrogens (tertiary/aromatic N) is 2. The molecule has 8 heteroatoms. The lowest BCUT2D eigenvalue weighted by Crippen LogP contribution is -2.40. The van der Waals surface area contributed by atoms with Gasteiger partial charge in [-0.15, -0.1) is 11.3 Å². The van der Waals surface area contributed by atoms with Gasteiger partial charge in [0.05, 0.1) is 5.92 Å². The van der Waals surface area contributed by atoms with Crippen LogP contribution in [0.25, 0.3) is 0 Å². The lowest BCUT2D eigenvalue weighted by Gasteiger charge is -2.29. The summed E-state index contributed by atoms with van der Waals surface area (Å²) in [5.41, 5.74) is 0. The van der Waals surface area contributed by atoms with Gasteiger partial charge in [-0.3, -0.25) is 4.79 Å². The number of rotatable bonds is 4. The fourth-order valence-corrected chi connectivity index (χ4v) is 4.78. The van der Waals surface area contributed by atoms with E-state index in [4.69, 9.17) is 10.00 Å². The first-order valence-corrected chi connectivity index (χ1v) is 8.91. The van der Waals surface area contributed by atoms with Crippen LogP contribution in [0.4, 0.5) is 0 Å². The summed E-state index contributed by atoms with van der Waals surface area (Å²) in [7, 11) is -3.45. The summed E-state index contributed by atoms with van der Waals surface area (Å²) in [6.07, 6.45) is 0.0637. The van der Waals surface area contributed by atoms with Gasteiger partial charge in [0.25, 0.3) is 10.0 Å². The van der Waals surface area contributed by atoms with Crippen LogP contribution in [0.15, 0.2) is 21.7 Å². The van der Waals surface area contributed by atoms with Crippen molar-refractivity contribution in [1.29, 1.82) is 5.26 Å². The normalized spacial score (nSPS) is 18.9. The molecule has 1 saturated heterocycles. The summed E-state index contributed by atoms with van der Waals surface area (Å²) in [4.78, 5) is 11.8. The molecule has 0 amide bonds. The molecule has 2 rings (SSSR count). The predicted octanol–water partition coefficient (Wildman–Crippen LogP) is 1.60. The molecule has 21 heavy (non-hydrogen) atoms. The van der Waals surface area contributed by atoms with Gasteiger partial charge >= 0.3 is 5.97 Å². The molecule has 2 heterocycles. The van der Waals surface area contributed by atoms with Gasteiger partial charge in [-0.2, -0.15) is 9.57 Å². The maximum Gasteiger partial charge on any atom is 0.310 e. The summed E-state index contributed by atoms with van der Waals surface area (Å²) in [5.74, 6) is -0.757. The summed E-state index contributed by atoms with van der Waals surface area (Å²) < 4.78 is 31.3. The zero-order chi connectivity index (χ0) is 15.5. The molecule has 0 aromatic carbocycles. The lowest BCUT2D eigenvalue weighted by atomic mass is 9.98. The SMILES string of the molecule is C[C@@H](C#N)OC(=O)C1CCN(S(=O)(=O)c2cccs2)CC1. The molecular formula is C13H16N2O4S2. The molecule has 0 radical (unpaired) electrons. The van der Waals surface area contributed by atoms with Gasteiger partial charge in [-0.25, -0.2) is 8.42 Å². The van der Waals surface area contributed by atoms with Crippen molar-refractivity contribution in [1.82, 2.24) is 4.31 Å². The van der Waals surface area contributed by atoms with Gasteiger partial charge in [0, 0.05) is 13.1 Å². The Labute approximate surface area is 128 Å². The number of thiophene rings is 1. The maximum atomic E-state index is 12.3. The molecule has 6 nitrogen and oxygen atoms in total. The Bertz CT molecular complexity index is 626. The highest BCUT2D eigenvalue weighted by Crippen LogP contribution is 2.26. The van der Waals surface area contributed by atoms with Crippen molar-refractivity contribution in [2.24, 2.45) is 5.92 Å². The molecule has 0 unspecified atom stereocenters. The van der Waals surface area contributed by atoms with Crippen molar-refractivity contribution < 1.29 is 17.9 Å². The number of carbonyl (C=O) groups excluding carboxylic acids is 1. The summed E-state index contributed by atoms with van der Waals surface area (Å²) in [6.45, 7) is 2.09. The molecule has 0 bridgehead atoms. The third kappa shape index (κ3) is 3.61. The van der Waals surface area contributed by atoms with Crippen LogP contribution in [0.1, 0.15) is 19.8 Å². The smallest absolute Gasteiger partial charge is 0.310 e. The van der Waals surface area contributed by atoms with Crippen LogP contribution in [-0.4, -0.2) is 37.9 Å². The monoisotopic (exact) mass is 328 g/mol. The van der Waals surface area contributed by atoms with E-state index in [9.17, 15) is 13.2 Å². The van der Waals surface area contributed by atoms with Gasteiger partial charge in [0.1, 0.15) is 10.3 Å². The summed E-state index contributed by atoms with van der Waals surface area (Å²) in [5, 5.41) is 10.3. The number of ether oxygens (including phenoxy) is 1. The number of hydrogen-bond donors (Lipinski definition) is 0. The molecule has 1 aromatic heterocycles. The highest BCUT2D eigenvalue weighted by Gasteiger charge is 2.33. The van der Waals surface area contributed by atoms with Gasteiger partial charge in [-0.1, -0.05) is 6.07 Å². The highest BCUT2D eigenvalue weighted by atomic mass is 32.2. The Kier molecular flexibility index (Phi) is 4.98. The first-order valence-electron chi connectivity index (χ1n) is 6.59. The van der Waals surface area contributed by atoms with Crippen molar-refractivity contribution in [2.45, 2.75) is 30.1 Å². The number of nitriles is 1. The minimum atomic E-state index is -3.45. The van der Waals surface area contributed by atoms with Crippen LogP contribution in [0, 0.1) is 17.2 Å². The molecule has 1 aliphatic rings. The lowest BCUT2D eigenvalue weighted by molar-refractivity contribution is -0.152. The number of piperidine rings is 1. The molecule has 1 aliphatic heterocycles. The van der Waals surface area contributed by atoms with E-state index in [1.807, 2.05) is 6.07 Å². The standard InChI is InChI=1S/C13H16N2O4S2/c1-10(9-14)19-13(16)11-4-6-15(7-5-11)21(17,18)12-3-2-8-20-12/h2-3,8,10-11H,4-7H2,1H3/t10-/m0/s1. The third-order valence-corrected chi connectivity index (χ3v) is 6.62. The molecule has 1 aromatic rings. The van der Waals surface area contributed by atoms with Gasteiger partial charge < -0.3 is 4.74 Å². The minimum Gasteiger partial charge on any atom is -0.447 e. The Morgan fingerprint density at radius 3 is 2.71 bits per heavy atom. The average Bonchev–Trinajstić information content (AvgIpc) is 3.02. The third-order valence-electron chi connectivity index (χ3n) is 3.35. The number of hydrogen-bond acceptors (Lipinski definition) is 6. The average molecular weight is 328 g/mol. The Balaban J connectivity index is 1.95. The van der Waals surface area contributed by atoms with Crippen LogP contribution in [0.3, 0.4) is 0 Å². The number of esters is 1. The second-order valence-electron chi connectivity index (χ2n) is 4.82. The molecule has 0 N–H and O–H groups in total. The fourth-order valence-electron chi connectivity index (χ4n) is 2.17. The Morgan fingerprint density at radius 1 is 1.52 bits per heavy atom.